The summed E-state index contributed by atoms with van der Waals surface area (Å²) in [4.78, 5) is 0. The standard InChI is InChI=1S/C32H36P2/c1-23-15-7-11-19-29(23)33(30-20-12-8-16-24(30)2)27(5)28(6)34(31-21-13-9-17-25(31)3)32-22-14-10-18-26(32)4/h7-22,27-28H,1-6H3/t27-,28-/m0/s1. The highest BCUT2D eigenvalue weighted by Crippen LogP contribution is 2.52. The molecule has 0 saturated carbocycles. The van der Waals surface area contributed by atoms with Crippen LogP contribution < -0.4 is 21.2 Å². The van der Waals surface area contributed by atoms with Crippen LogP contribution in [0.25, 0.3) is 0 Å². The van der Waals surface area contributed by atoms with Gasteiger partial charge in [-0.2, -0.15) is 0 Å². The van der Waals surface area contributed by atoms with E-state index in [0.29, 0.717) is 11.3 Å². The molecule has 4 rings (SSSR count). The Balaban J connectivity index is 1.88. The highest BCUT2D eigenvalue weighted by molar-refractivity contribution is 7.77. The van der Waals surface area contributed by atoms with E-state index in [9.17, 15) is 0 Å². The van der Waals surface area contributed by atoms with Gasteiger partial charge in [0, 0.05) is 0 Å². The van der Waals surface area contributed by atoms with Crippen molar-refractivity contribution >= 4 is 37.1 Å². The van der Waals surface area contributed by atoms with Gasteiger partial charge in [0.2, 0.25) is 0 Å². The molecule has 4 aromatic carbocycles. The molecule has 0 N–H and O–H groups in total. The summed E-state index contributed by atoms with van der Waals surface area (Å²) in [7, 11) is -1.02. The fourth-order valence-corrected chi connectivity index (χ4v) is 11.6. The van der Waals surface area contributed by atoms with Gasteiger partial charge in [0.05, 0.1) is 0 Å². The van der Waals surface area contributed by atoms with E-state index in [2.05, 4.69) is 139 Å². The predicted molar refractivity (Wildman–Crippen MR) is 156 cm³/mol. The first kappa shape index (κ1) is 24.9. The zero-order valence-corrected chi connectivity index (χ0v) is 23.1. The van der Waals surface area contributed by atoms with Crippen molar-refractivity contribution < 1.29 is 0 Å². The van der Waals surface area contributed by atoms with Gasteiger partial charge in [0.1, 0.15) is 0 Å². The average Bonchev–Trinajstić information content (AvgIpc) is 2.84. The van der Waals surface area contributed by atoms with Gasteiger partial charge in [0.15, 0.2) is 0 Å². The summed E-state index contributed by atoms with van der Waals surface area (Å²) < 4.78 is 0. The average molecular weight is 483 g/mol. The largest absolute Gasteiger partial charge is 0.0620 e. The van der Waals surface area contributed by atoms with Crippen LogP contribution in [0, 0.1) is 27.7 Å². The van der Waals surface area contributed by atoms with Crippen LogP contribution in [0.2, 0.25) is 0 Å². The molecule has 0 nitrogen and oxygen atoms in total. The normalized spacial score (nSPS) is 13.3. The second-order valence-electron chi connectivity index (χ2n) is 9.37. The molecule has 0 radical (unpaired) electrons. The fraction of sp³-hybridized carbons (Fsp3) is 0.250. The van der Waals surface area contributed by atoms with Crippen LogP contribution in [0.3, 0.4) is 0 Å². The summed E-state index contributed by atoms with van der Waals surface area (Å²) in [5, 5.41) is 6.10. The third-order valence-electron chi connectivity index (χ3n) is 7.01. The molecular formula is C32H36P2. The zero-order valence-electron chi connectivity index (χ0n) is 21.3. The van der Waals surface area contributed by atoms with E-state index in [0.717, 1.165) is 0 Å². The van der Waals surface area contributed by atoms with E-state index in [-0.39, 0.29) is 0 Å². The minimum Gasteiger partial charge on any atom is -0.0620 e. The highest BCUT2D eigenvalue weighted by Gasteiger charge is 2.34. The molecular weight excluding hydrogens is 446 g/mol. The summed E-state index contributed by atoms with van der Waals surface area (Å²) in [5.41, 5.74) is 6.70. The van der Waals surface area contributed by atoms with Crippen LogP contribution >= 0.6 is 15.8 Å². The molecule has 0 bridgehead atoms. The van der Waals surface area contributed by atoms with Gasteiger partial charge in [-0.1, -0.05) is 111 Å². The van der Waals surface area contributed by atoms with Crippen LogP contribution in [0.4, 0.5) is 0 Å². The smallest absolute Gasteiger partial charge is 0.00859 e. The molecule has 0 fully saturated rings. The minimum atomic E-state index is -0.509. The Morgan fingerprint density at radius 2 is 0.588 bits per heavy atom. The molecule has 0 saturated heterocycles. The van der Waals surface area contributed by atoms with Gasteiger partial charge in [-0.05, 0) is 98.3 Å². The molecule has 2 heteroatoms. The Morgan fingerprint density at radius 1 is 0.382 bits per heavy atom. The molecule has 0 aliphatic heterocycles. The van der Waals surface area contributed by atoms with Crippen LogP contribution in [-0.4, -0.2) is 11.3 Å². The highest BCUT2D eigenvalue weighted by atomic mass is 31.1. The second kappa shape index (κ2) is 11.0. The molecule has 0 unspecified atom stereocenters. The molecule has 0 spiro atoms. The van der Waals surface area contributed by atoms with Gasteiger partial charge in [-0.25, -0.2) is 0 Å². The van der Waals surface area contributed by atoms with Crippen molar-refractivity contribution in [2.45, 2.75) is 52.9 Å². The molecule has 0 amide bonds. The fourth-order valence-electron chi connectivity index (χ4n) is 4.90. The number of rotatable bonds is 7. The SMILES string of the molecule is Cc1ccccc1P(c1ccccc1C)[C@@H](C)[C@H](C)P(c1ccccc1C)c1ccccc1C. The quantitative estimate of drug-likeness (QED) is 0.243. The lowest BCUT2D eigenvalue weighted by Gasteiger charge is -2.37. The van der Waals surface area contributed by atoms with Crippen molar-refractivity contribution in [2.24, 2.45) is 0 Å². The van der Waals surface area contributed by atoms with E-state index >= 15 is 0 Å². The topological polar surface area (TPSA) is 0 Å². The second-order valence-corrected chi connectivity index (χ2v) is 14.4. The first-order valence-corrected chi connectivity index (χ1v) is 15.0. The molecule has 0 aliphatic rings. The summed E-state index contributed by atoms with van der Waals surface area (Å²) in [6.45, 7) is 14.2. The Bertz CT molecular complexity index is 1070. The molecule has 174 valence electrons. The Labute approximate surface area is 209 Å². The molecule has 34 heavy (non-hydrogen) atoms. The lowest BCUT2D eigenvalue weighted by atomic mass is 10.2. The Morgan fingerprint density at radius 3 is 0.794 bits per heavy atom. The van der Waals surface area contributed by atoms with E-state index in [1.165, 1.54) is 43.5 Å². The van der Waals surface area contributed by atoms with Crippen molar-refractivity contribution in [3.8, 4) is 0 Å². The number of aryl methyl sites for hydroxylation is 4. The first-order valence-electron chi connectivity index (χ1n) is 12.2. The first-order chi connectivity index (χ1) is 16.4. The zero-order chi connectivity index (χ0) is 24.2. The lowest BCUT2D eigenvalue weighted by Crippen LogP contribution is -2.34. The Kier molecular flexibility index (Phi) is 8.03. The third kappa shape index (κ3) is 5.05. The maximum absolute atomic E-state index is 2.52. The van der Waals surface area contributed by atoms with Crippen molar-refractivity contribution in [2.75, 3.05) is 0 Å². The maximum atomic E-state index is 2.52. The van der Waals surface area contributed by atoms with Crippen molar-refractivity contribution in [1.29, 1.82) is 0 Å². The number of hydrogen-bond donors (Lipinski definition) is 0. The third-order valence-corrected chi connectivity index (χ3v) is 13.9. The minimum absolute atomic E-state index is 0.509. The molecule has 0 aliphatic carbocycles. The van der Waals surface area contributed by atoms with Gasteiger partial charge < -0.3 is 0 Å². The van der Waals surface area contributed by atoms with Crippen molar-refractivity contribution in [3.05, 3.63) is 119 Å². The summed E-state index contributed by atoms with van der Waals surface area (Å²) in [6, 6.07) is 36.2. The van der Waals surface area contributed by atoms with Crippen molar-refractivity contribution in [1.82, 2.24) is 0 Å². The number of benzene rings is 4. The predicted octanol–water partition coefficient (Wildman–Crippen LogP) is 7.26. The van der Waals surface area contributed by atoms with Gasteiger partial charge in [-0.3, -0.25) is 0 Å². The van der Waals surface area contributed by atoms with Gasteiger partial charge >= 0.3 is 0 Å². The van der Waals surface area contributed by atoms with Crippen LogP contribution in [0.1, 0.15) is 36.1 Å². The van der Waals surface area contributed by atoms with Gasteiger partial charge in [-0.15, -0.1) is 0 Å². The number of hydrogen-bond acceptors (Lipinski definition) is 0. The summed E-state index contributed by atoms with van der Waals surface area (Å²) in [5.74, 6) is 0. The van der Waals surface area contributed by atoms with E-state index in [1.54, 1.807) is 0 Å². The van der Waals surface area contributed by atoms with E-state index in [1.807, 2.05) is 0 Å². The van der Waals surface area contributed by atoms with E-state index < -0.39 is 15.8 Å². The van der Waals surface area contributed by atoms with Crippen LogP contribution in [0.15, 0.2) is 97.1 Å². The van der Waals surface area contributed by atoms with Crippen LogP contribution in [-0.2, 0) is 0 Å². The molecule has 2 atom stereocenters. The van der Waals surface area contributed by atoms with Gasteiger partial charge in [0.25, 0.3) is 0 Å². The van der Waals surface area contributed by atoms with Crippen molar-refractivity contribution in [3.63, 3.8) is 0 Å². The molecule has 0 heterocycles. The van der Waals surface area contributed by atoms with Crippen LogP contribution in [0.5, 0.6) is 0 Å². The van der Waals surface area contributed by atoms with E-state index in [4.69, 9.17) is 0 Å². The molecule has 0 aromatic heterocycles. The summed E-state index contributed by atoms with van der Waals surface area (Å²) >= 11 is 0. The molecule has 4 aromatic rings. The maximum Gasteiger partial charge on any atom is -0.00859 e. The Hall–Kier alpha value is -2.26. The monoisotopic (exact) mass is 482 g/mol. The summed E-state index contributed by atoms with van der Waals surface area (Å²) in [6.07, 6.45) is 0. The lowest BCUT2D eigenvalue weighted by molar-refractivity contribution is 0.911.